The number of halogens is 1. The second-order valence-corrected chi connectivity index (χ2v) is 9.78. The number of carbonyl (C=O) groups excluding carboxylic acids is 2. The Morgan fingerprint density at radius 1 is 1.03 bits per heavy atom. The van der Waals surface area contributed by atoms with E-state index < -0.39 is 17.8 Å². The van der Waals surface area contributed by atoms with Crippen LogP contribution in [0.2, 0.25) is 0 Å². The molecule has 0 saturated heterocycles. The van der Waals surface area contributed by atoms with E-state index in [4.69, 9.17) is 0 Å². The van der Waals surface area contributed by atoms with Gasteiger partial charge < -0.3 is 10.2 Å². The van der Waals surface area contributed by atoms with Crippen molar-refractivity contribution in [3.05, 3.63) is 108 Å². The molecular formula is C29H27FN2O2. The lowest BCUT2D eigenvalue weighted by molar-refractivity contribution is -0.125. The van der Waals surface area contributed by atoms with Gasteiger partial charge in [0.2, 0.25) is 5.91 Å². The Balaban J connectivity index is 1.72. The number of para-hydroxylation sites is 2. The lowest BCUT2D eigenvalue weighted by atomic mass is 9.72. The number of anilines is 2. The average Bonchev–Trinajstić information content (AvgIpc) is 2.93. The zero-order valence-electron chi connectivity index (χ0n) is 19.3. The minimum atomic E-state index is -0.669. The molecule has 3 aromatic rings. The third-order valence-electron chi connectivity index (χ3n) is 6.55. The van der Waals surface area contributed by atoms with Crippen LogP contribution in [0.4, 0.5) is 15.8 Å². The number of benzene rings is 3. The fourth-order valence-corrected chi connectivity index (χ4v) is 5.18. The van der Waals surface area contributed by atoms with Gasteiger partial charge in [0.25, 0.3) is 0 Å². The SMILES string of the molecule is CC1(C)C=C2Nc3ccccc3N(C(=O)Cc3ccccc3)C(c3cccc(F)c3)C2C(=O)C1. The minimum Gasteiger partial charge on any atom is -0.357 e. The smallest absolute Gasteiger partial charge is 0.232 e. The molecule has 1 heterocycles. The van der Waals surface area contributed by atoms with E-state index in [9.17, 15) is 14.0 Å². The van der Waals surface area contributed by atoms with Gasteiger partial charge in [-0.25, -0.2) is 4.39 Å². The highest BCUT2D eigenvalue weighted by Crippen LogP contribution is 2.48. The first kappa shape index (κ1) is 22.1. The first-order valence-corrected chi connectivity index (χ1v) is 11.6. The highest BCUT2D eigenvalue weighted by Gasteiger charge is 2.46. The molecule has 0 radical (unpaired) electrons. The summed E-state index contributed by atoms with van der Waals surface area (Å²) in [4.78, 5) is 29.3. The third kappa shape index (κ3) is 4.14. The van der Waals surface area contributed by atoms with E-state index in [1.54, 1.807) is 17.0 Å². The molecule has 0 aromatic heterocycles. The molecule has 1 N–H and O–H groups in total. The maximum absolute atomic E-state index is 14.4. The lowest BCUT2D eigenvalue weighted by Crippen LogP contribution is -2.44. The summed E-state index contributed by atoms with van der Waals surface area (Å²) >= 11 is 0. The van der Waals surface area contributed by atoms with Crippen molar-refractivity contribution < 1.29 is 14.0 Å². The minimum absolute atomic E-state index is 0.0366. The van der Waals surface area contributed by atoms with Crippen LogP contribution in [0.3, 0.4) is 0 Å². The summed E-state index contributed by atoms with van der Waals surface area (Å²) in [6.07, 6.45) is 2.62. The van der Waals surface area contributed by atoms with E-state index in [0.29, 0.717) is 17.7 Å². The number of nitrogens with zero attached hydrogens (tertiary/aromatic N) is 1. The van der Waals surface area contributed by atoms with Crippen molar-refractivity contribution in [1.29, 1.82) is 0 Å². The quantitative estimate of drug-likeness (QED) is 0.523. The Kier molecular flexibility index (Phi) is 5.56. The monoisotopic (exact) mass is 454 g/mol. The highest BCUT2D eigenvalue weighted by molar-refractivity contribution is 6.02. The number of hydrogen-bond acceptors (Lipinski definition) is 3. The first-order chi connectivity index (χ1) is 16.3. The third-order valence-corrected chi connectivity index (χ3v) is 6.55. The number of Topliss-reactive ketones (excluding diaryl/α,β-unsaturated/α-hetero) is 1. The van der Waals surface area contributed by atoms with Crippen LogP contribution < -0.4 is 10.2 Å². The zero-order valence-corrected chi connectivity index (χ0v) is 19.3. The van der Waals surface area contributed by atoms with Crippen LogP contribution >= 0.6 is 0 Å². The number of allylic oxidation sites excluding steroid dienone is 1. The van der Waals surface area contributed by atoms with Crippen molar-refractivity contribution in [2.24, 2.45) is 11.3 Å². The topological polar surface area (TPSA) is 49.4 Å². The summed E-state index contributed by atoms with van der Waals surface area (Å²) in [5, 5.41) is 3.46. The van der Waals surface area contributed by atoms with Crippen molar-refractivity contribution in [3.63, 3.8) is 0 Å². The summed E-state index contributed by atoms with van der Waals surface area (Å²) in [5.41, 5.74) is 3.36. The van der Waals surface area contributed by atoms with E-state index in [2.05, 4.69) is 11.4 Å². The molecule has 4 nitrogen and oxygen atoms in total. The number of fused-ring (bicyclic) bond motifs is 2. The summed E-state index contributed by atoms with van der Waals surface area (Å²) in [7, 11) is 0. The molecule has 1 amide bonds. The maximum Gasteiger partial charge on any atom is 0.232 e. The molecule has 0 bridgehead atoms. The van der Waals surface area contributed by atoms with Gasteiger partial charge in [0.05, 0.1) is 29.8 Å². The molecule has 1 aliphatic heterocycles. The van der Waals surface area contributed by atoms with Gasteiger partial charge in [0, 0.05) is 12.1 Å². The van der Waals surface area contributed by atoms with Gasteiger partial charge in [-0.3, -0.25) is 9.59 Å². The van der Waals surface area contributed by atoms with Gasteiger partial charge in [0.1, 0.15) is 11.6 Å². The normalized spacial score (nSPS) is 21.0. The Bertz CT molecular complexity index is 1280. The first-order valence-electron chi connectivity index (χ1n) is 11.6. The molecule has 172 valence electrons. The molecule has 5 rings (SSSR count). The average molecular weight is 455 g/mol. The molecule has 0 fully saturated rings. The number of carbonyl (C=O) groups is 2. The molecule has 2 atom stereocenters. The van der Waals surface area contributed by atoms with E-state index >= 15 is 0 Å². The fourth-order valence-electron chi connectivity index (χ4n) is 5.18. The molecule has 2 unspecified atom stereocenters. The summed E-state index contributed by atoms with van der Waals surface area (Å²) in [6.45, 7) is 4.06. The Labute approximate surface area is 199 Å². The van der Waals surface area contributed by atoms with Crippen LogP contribution in [0.25, 0.3) is 0 Å². The van der Waals surface area contributed by atoms with E-state index in [1.165, 1.54) is 12.1 Å². The maximum atomic E-state index is 14.4. The zero-order chi connectivity index (χ0) is 23.9. The predicted octanol–water partition coefficient (Wildman–Crippen LogP) is 6.07. The van der Waals surface area contributed by atoms with Crippen LogP contribution in [-0.2, 0) is 16.0 Å². The van der Waals surface area contributed by atoms with Gasteiger partial charge in [0.15, 0.2) is 0 Å². The van der Waals surface area contributed by atoms with Crippen molar-refractivity contribution in [2.75, 3.05) is 10.2 Å². The molecule has 34 heavy (non-hydrogen) atoms. The number of nitrogens with one attached hydrogen (secondary N) is 1. The Morgan fingerprint density at radius 2 is 1.76 bits per heavy atom. The standard InChI is InChI=1S/C29H27FN2O2/c1-29(2)17-23-27(25(33)18-29)28(20-11-8-12-21(30)16-20)32(24-14-7-6-13-22(24)31-23)26(34)15-19-9-4-3-5-10-19/h3-14,16-17,27-28,31H,15,18H2,1-2H3. The molecule has 0 spiro atoms. The number of ketones is 1. The molecule has 2 aliphatic rings. The molecule has 3 aromatic carbocycles. The van der Waals surface area contributed by atoms with Crippen LogP contribution in [0, 0.1) is 17.2 Å². The summed E-state index contributed by atoms with van der Waals surface area (Å²) < 4.78 is 14.4. The highest BCUT2D eigenvalue weighted by atomic mass is 19.1. The largest absolute Gasteiger partial charge is 0.357 e. The van der Waals surface area contributed by atoms with Crippen LogP contribution in [-0.4, -0.2) is 11.7 Å². The predicted molar refractivity (Wildman–Crippen MR) is 132 cm³/mol. The van der Waals surface area contributed by atoms with Crippen molar-refractivity contribution >= 4 is 23.1 Å². The molecular weight excluding hydrogens is 427 g/mol. The van der Waals surface area contributed by atoms with Gasteiger partial charge in [-0.05, 0) is 40.8 Å². The Morgan fingerprint density at radius 3 is 2.53 bits per heavy atom. The van der Waals surface area contributed by atoms with Gasteiger partial charge in [-0.2, -0.15) is 0 Å². The fraction of sp³-hybridized carbons (Fsp3) is 0.241. The molecule has 1 aliphatic carbocycles. The number of rotatable bonds is 3. The van der Waals surface area contributed by atoms with Gasteiger partial charge in [-0.15, -0.1) is 0 Å². The summed E-state index contributed by atoms with van der Waals surface area (Å²) in [5.74, 6) is -1.13. The second-order valence-electron chi connectivity index (χ2n) is 9.78. The van der Waals surface area contributed by atoms with Crippen LogP contribution in [0.15, 0.2) is 90.6 Å². The van der Waals surface area contributed by atoms with Gasteiger partial charge >= 0.3 is 0 Å². The van der Waals surface area contributed by atoms with Crippen molar-refractivity contribution in [3.8, 4) is 0 Å². The van der Waals surface area contributed by atoms with Gasteiger partial charge in [-0.1, -0.05) is 74.5 Å². The number of hydrogen-bond donors (Lipinski definition) is 1. The molecule has 5 heteroatoms. The second kappa shape index (κ2) is 8.56. The Hall–Kier alpha value is -3.73. The lowest BCUT2D eigenvalue weighted by Gasteiger charge is -2.39. The van der Waals surface area contributed by atoms with E-state index in [1.807, 2.05) is 68.4 Å². The molecule has 0 saturated carbocycles. The van der Waals surface area contributed by atoms with Crippen LogP contribution in [0.1, 0.15) is 37.4 Å². The van der Waals surface area contributed by atoms with Crippen molar-refractivity contribution in [1.82, 2.24) is 0 Å². The van der Waals surface area contributed by atoms with Crippen LogP contribution in [0.5, 0.6) is 0 Å². The number of amides is 1. The van der Waals surface area contributed by atoms with Crippen molar-refractivity contribution in [2.45, 2.75) is 32.7 Å². The van der Waals surface area contributed by atoms with E-state index in [0.717, 1.165) is 16.9 Å². The summed E-state index contributed by atoms with van der Waals surface area (Å²) in [6, 6.07) is 22.7. The van der Waals surface area contributed by atoms with E-state index in [-0.39, 0.29) is 23.5 Å².